The van der Waals surface area contributed by atoms with Crippen molar-refractivity contribution < 1.29 is 14.3 Å². The van der Waals surface area contributed by atoms with E-state index in [1.807, 2.05) is 13.8 Å². The molecule has 1 aliphatic heterocycles. The van der Waals surface area contributed by atoms with E-state index in [2.05, 4.69) is 24.1 Å². The van der Waals surface area contributed by atoms with Gasteiger partial charge in [-0.25, -0.2) is 9.18 Å². The first-order valence-electron chi connectivity index (χ1n) is 7.25. The van der Waals surface area contributed by atoms with Crippen LogP contribution in [0.25, 0.3) is 0 Å². The molecule has 2 rings (SSSR count). The first-order valence-corrected chi connectivity index (χ1v) is 7.25. The molecule has 1 atom stereocenters. The van der Waals surface area contributed by atoms with Gasteiger partial charge in [-0.15, -0.1) is 0 Å². The molecule has 1 aromatic carbocycles. The van der Waals surface area contributed by atoms with E-state index in [0.29, 0.717) is 6.54 Å². The van der Waals surface area contributed by atoms with Crippen molar-refractivity contribution in [3.63, 3.8) is 0 Å². The summed E-state index contributed by atoms with van der Waals surface area (Å²) in [6.45, 7) is 9.50. The van der Waals surface area contributed by atoms with Crippen molar-refractivity contribution in [1.82, 2.24) is 5.32 Å². The van der Waals surface area contributed by atoms with Crippen LogP contribution in [0, 0.1) is 11.7 Å². The van der Waals surface area contributed by atoms with Crippen LogP contribution in [0.2, 0.25) is 0 Å². The van der Waals surface area contributed by atoms with Crippen LogP contribution in [0.1, 0.15) is 33.3 Å². The number of halogens is 1. The van der Waals surface area contributed by atoms with E-state index in [0.717, 1.165) is 17.8 Å². The summed E-state index contributed by atoms with van der Waals surface area (Å²) >= 11 is 0. The van der Waals surface area contributed by atoms with Crippen molar-refractivity contribution in [3.8, 4) is 0 Å². The van der Waals surface area contributed by atoms with Crippen LogP contribution in [-0.4, -0.2) is 30.3 Å². The summed E-state index contributed by atoms with van der Waals surface area (Å²) in [6.07, 6.45) is -1.01. The highest BCUT2D eigenvalue weighted by Gasteiger charge is 2.36. The average molecular weight is 294 g/mol. The molecule has 2 N–H and O–H groups in total. The summed E-state index contributed by atoms with van der Waals surface area (Å²) in [7, 11) is 0. The first-order chi connectivity index (χ1) is 9.70. The second-order valence-electron chi connectivity index (χ2n) is 6.73. The van der Waals surface area contributed by atoms with Gasteiger partial charge in [0.15, 0.2) is 0 Å². The Balaban J connectivity index is 2.25. The number of fused-ring (bicyclic) bond motifs is 1. The fraction of sp³-hybridized carbons (Fsp3) is 0.562. The third kappa shape index (κ3) is 3.28. The Morgan fingerprint density at radius 1 is 1.48 bits per heavy atom. The number of carboxylic acid groups (broad SMARTS) is 1. The van der Waals surface area contributed by atoms with Gasteiger partial charge in [0.05, 0.1) is 6.04 Å². The van der Waals surface area contributed by atoms with Crippen LogP contribution in [0.15, 0.2) is 18.2 Å². The van der Waals surface area contributed by atoms with Gasteiger partial charge in [0.25, 0.3) is 0 Å². The maximum Gasteiger partial charge on any atom is 0.404 e. The molecule has 5 heteroatoms. The molecule has 1 heterocycles. The van der Waals surface area contributed by atoms with Crippen molar-refractivity contribution in [2.24, 2.45) is 5.92 Å². The Morgan fingerprint density at radius 2 is 2.14 bits per heavy atom. The van der Waals surface area contributed by atoms with Gasteiger partial charge < -0.3 is 15.3 Å². The monoisotopic (exact) mass is 294 g/mol. The maximum atomic E-state index is 13.5. The van der Waals surface area contributed by atoms with Crippen molar-refractivity contribution in [2.75, 3.05) is 18.0 Å². The Labute approximate surface area is 125 Å². The molecule has 1 aromatic rings. The second-order valence-corrected chi connectivity index (χ2v) is 6.73. The number of carbonyl (C=O) groups is 1. The average Bonchev–Trinajstić information content (AvgIpc) is 2.59. The summed E-state index contributed by atoms with van der Waals surface area (Å²) in [5.41, 5.74) is 1.85. The zero-order chi connectivity index (χ0) is 15.8. The smallest absolute Gasteiger partial charge is 0.404 e. The van der Waals surface area contributed by atoms with Gasteiger partial charge in [0.2, 0.25) is 0 Å². The van der Waals surface area contributed by atoms with Crippen LogP contribution >= 0.6 is 0 Å². The largest absolute Gasteiger partial charge is 0.465 e. The van der Waals surface area contributed by atoms with E-state index in [4.69, 9.17) is 5.11 Å². The highest BCUT2D eigenvalue weighted by molar-refractivity contribution is 5.66. The highest BCUT2D eigenvalue weighted by atomic mass is 19.1. The molecule has 0 spiro atoms. The molecule has 0 unspecified atom stereocenters. The predicted octanol–water partition coefficient (Wildman–Crippen LogP) is 3.22. The molecule has 4 nitrogen and oxygen atoms in total. The van der Waals surface area contributed by atoms with Gasteiger partial charge in [-0.05, 0) is 29.7 Å². The SMILES string of the molecule is CC(C)[C@@H](CN1CC(C)(C)c2cc(F)ccc21)NC(=O)O. The minimum atomic E-state index is -1.01. The predicted molar refractivity (Wildman–Crippen MR) is 81.4 cm³/mol. The molecule has 1 aliphatic rings. The second kappa shape index (κ2) is 5.54. The lowest BCUT2D eigenvalue weighted by molar-refractivity contribution is 0.186. The topological polar surface area (TPSA) is 52.6 Å². The number of hydrogen-bond donors (Lipinski definition) is 2. The molecule has 0 saturated carbocycles. The Morgan fingerprint density at radius 3 is 2.71 bits per heavy atom. The van der Waals surface area contributed by atoms with Crippen LogP contribution in [0.5, 0.6) is 0 Å². The molecular weight excluding hydrogens is 271 g/mol. The molecule has 0 fully saturated rings. The van der Waals surface area contributed by atoms with Gasteiger partial charge in [0, 0.05) is 24.2 Å². The van der Waals surface area contributed by atoms with Gasteiger partial charge >= 0.3 is 6.09 Å². The van der Waals surface area contributed by atoms with Gasteiger partial charge in [-0.2, -0.15) is 0 Å². The number of amides is 1. The first kappa shape index (κ1) is 15.6. The number of anilines is 1. The minimum absolute atomic E-state index is 0.137. The van der Waals surface area contributed by atoms with Crippen LogP contribution < -0.4 is 10.2 Å². The van der Waals surface area contributed by atoms with E-state index in [9.17, 15) is 9.18 Å². The Hall–Kier alpha value is -1.78. The Kier molecular flexibility index (Phi) is 4.12. The summed E-state index contributed by atoms with van der Waals surface area (Å²) in [4.78, 5) is 13.1. The van der Waals surface area contributed by atoms with Gasteiger partial charge in [0.1, 0.15) is 5.82 Å². The molecule has 0 aromatic heterocycles. The lowest BCUT2D eigenvalue weighted by Gasteiger charge is -2.29. The van der Waals surface area contributed by atoms with Crippen molar-refractivity contribution in [2.45, 2.75) is 39.2 Å². The summed E-state index contributed by atoms with van der Waals surface area (Å²) < 4.78 is 13.5. The fourth-order valence-corrected chi connectivity index (χ4v) is 2.96. The molecule has 0 bridgehead atoms. The molecule has 116 valence electrons. The maximum absolute atomic E-state index is 13.5. The van der Waals surface area contributed by atoms with Crippen LogP contribution in [0.4, 0.5) is 14.9 Å². The van der Waals surface area contributed by atoms with Crippen molar-refractivity contribution >= 4 is 11.8 Å². The van der Waals surface area contributed by atoms with E-state index >= 15 is 0 Å². The molecule has 0 saturated heterocycles. The van der Waals surface area contributed by atoms with E-state index in [1.54, 1.807) is 12.1 Å². The number of hydrogen-bond acceptors (Lipinski definition) is 2. The Bertz CT molecular complexity index is 543. The summed E-state index contributed by atoms with van der Waals surface area (Å²) in [5.74, 6) is -0.0403. The van der Waals surface area contributed by atoms with Gasteiger partial charge in [-0.1, -0.05) is 27.7 Å². The lowest BCUT2D eigenvalue weighted by atomic mass is 9.87. The number of benzene rings is 1. The highest BCUT2D eigenvalue weighted by Crippen LogP contribution is 2.40. The normalized spacial score (nSPS) is 17.7. The van der Waals surface area contributed by atoms with Crippen molar-refractivity contribution in [1.29, 1.82) is 0 Å². The van der Waals surface area contributed by atoms with E-state index in [1.165, 1.54) is 6.07 Å². The van der Waals surface area contributed by atoms with Crippen LogP contribution in [0.3, 0.4) is 0 Å². The van der Waals surface area contributed by atoms with E-state index in [-0.39, 0.29) is 23.2 Å². The molecule has 1 amide bonds. The number of nitrogens with zero attached hydrogens (tertiary/aromatic N) is 1. The summed E-state index contributed by atoms with van der Waals surface area (Å²) in [6, 6.07) is 4.68. The van der Waals surface area contributed by atoms with E-state index < -0.39 is 6.09 Å². The van der Waals surface area contributed by atoms with Gasteiger partial charge in [-0.3, -0.25) is 0 Å². The third-order valence-corrected chi connectivity index (χ3v) is 4.15. The zero-order valence-corrected chi connectivity index (χ0v) is 13.0. The molecule has 0 radical (unpaired) electrons. The lowest BCUT2D eigenvalue weighted by Crippen LogP contribution is -2.46. The zero-order valence-electron chi connectivity index (χ0n) is 13.0. The quantitative estimate of drug-likeness (QED) is 0.896. The molecule has 0 aliphatic carbocycles. The minimum Gasteiger partial charge on any atom is -0.465 e. The van der Waals surface area contributed by atoms with Crippen molar-refractivity contribution in [3.05, 3.63) is 29.6 Å². The third-order valence-electron chi connectivity index (χ3n) is 4.15. The van der Waals surface area contributed by atoms with Crippen LogP contribution in [-0.2, 0) is 5.41 Å². The number of rotatable bonds is 4. The standard InChI is InChI=1S/C16H23FN2O2/c1-10(2)13(18-15(20)21)8-19-9-16(3,4)12-7-11(17)5-6-14(12)19/h5-7,10,13,18H,8-9H2,1-4H3,(H,20,21)/t13-/m1/s1. The fourth-order valence-electron chi connectivity index (χ4n) is 2.96. The summed E-state index contributed by atoms with van der Waals surface area (Å²) in [5, 5.41) is 11.5. The molecular formula is C16H23FN2O2. The molecule has 21 heavy (non-hydrogen) atoms. The number of nitrogens with one attached hydrogen (secondary N) is 1.